The molecule has 1 atom stereocenters. The number of amides is 1. The number of rotatable bonds is 2. The molecule has 0 aliphatic carbocycles. The normalized spacial score (nSPS) is 22.7. The third-order valence-electron chi connectivity index (χ3n) is 4.62. The maximum absolute atomic E-state index is 11.7. The first-order valence-electron chi connectivity index (χ1n) is 7.45. The smallest absolute Gasteiger partial charge is 0.408 e. The number of aryl methyl sites for hydroxylation is 1. The molecule has 1 fully saturated rings. The predicted molar refractivity (Wildman–Crippen MR) is 79.3 cm³/mol. The first-order valence-corrected chi connectivity index (χ1v) is 7.45. The van der Waals surface area contributed by atoms with E-state index in [0.29, 0.717) is 13.0 Å². The van der Waals surface area contributed by atoms with Gasteiger partial charge in [0.2, 0.25) is 0 Å². The van der Waals surface area contributed by atoms with E-state index in [-0.39, 0.29) is 0 Å². The zero-order valence-electron chi connectivity index (χ0n) is 12.4. The van der Waals surface area contributed by atoms with Crippen LogP contribution in [0.25, 0.3) is 11.0 Å². The molecule has 2 heterocycles. The summed E-state index contributed by atoms with van der Waals surface area (Å²) in [6, 6.07) is 5.91. The molecule has 21 heavy (non-hydrogen) atoms. The Hall–Kier alpha value is -2.04. The number of carboxylic acid groups (broad SMARTS) is 1. The van der Waals surface area contributed by atoms with E-state index in [2.05, 4.69) is 5.16 Å². The quantitative estimate of drug-likeness (QED) is 0.910. The Labute approximate surface area is 123 Å². The van der Waals surface area contributed by atoms with Crippen LogP contribution in [0.4, 0.5) is 4.79 Å². The molecular weight excluding hydrogens is 268 g/mol. The SMILES string of the molecule is CCC1(c2noc3ccc(C)cc23)CCCCN1C(=O)O. The number of hydrogen-bond donors (Lipinski definition) is 1. The van der Waals surface area contributed by atoms with E-state index in [0.717, 1.165) is 41.5 Å². The van der Waals surface area contributed by atoms with E-state index < -0.39 is 11.6 Å². The Balaban J connectivity index is 2.20. The molecule has 1 aromatic carbocycles. The molecule has 0 saturated carbocycles. The minimum absolute atomic E-state index is 0.559. The number of nitrogens with zero attached hydrogens (tertiary/aromatic N) is 2. The lowest BCUT2D eigenvalue weighted by Gasteiger charge is -2.44. The van der Waals surface area contributed by atoms with Crippen LogP contribution in [0.3, 0.4) is 0 Å². The second-order valence-electron chi connectivity index (χ2n) is 5.81. The van der Waals surface area contributed by atoms with Gasteiger partial charge in [-0.3, -0.25) is 4.90 Å². The summed E-state index contributed by atoms with van der Waals surface area (Å²) >= 11 is 0. The molecule has 0 spiro atoms. The average molecular weight is 288 g/mol. The lowest BCUT2D eigenvalue weighted by molar-refractivity contribution is 0.0379. The highest BCUT2D eigenvalue weighted by atomic mass is 16.5. The Kier molecular flexibility index (Phi) is 3.35. The van der Waals surface area contributed by atoms with E-state index in [1.807, 2.05) is 32.0 Å². The molecule has 5 heteroatoms. The first-order chi connectivity index (χ1) is 10.1. The number of likely N-dealkylation sites (tertiary alicyclic amines) is 1. The Morgan fingerprint density at radius 2 is 2.29 bits per heavy atom. The van der Waals surface area contributed by atoms with Crippen LogP contribution in [0, 0.1) is 6.92 Å². The maximum atomic E-state index is 11.7. The highest BCUT2D eigenvalue weighted by Crippen LogP contribution is 2.42. The van der Waals surface area contributed by atoms with Gasteiger partial charge in [0, 0.05) is 11.9 Å². The van der Waals surface area contributed by atoms with Gasteiger partial charge >= 0.3 is 6.09 Å². The van der Waals surface area contributed by atoms with Gasteiger partial charge in [-0.15, -0.1) is 0 Å². The van der Waals surface area contributed by atoms with Crippen LogP contribution in [0.5, 0.6) is 0 Å². The van der Waals surface area contributed by atoms with Gasteiger partial charge in [0.25, 0.3) is 0 Å². The van der Waals surface area contributed by atoms with E-state index in [1.165, 1.54) is 0 Å². The minimum atomic E-state index is -0.875. The number of fused-ring (bicyclic) bond motifs is 1. The largest absolute Gasteiger partial charge is 0.465 e. The van der Waals surface area contributed by atoms with Crippen molar-refractivity contribution in [2.24, 2.45) is 0 Å². The van der Waals surface area contributed by atoms with Gasteiger partial charge in [-0.25, -0.2) is 4.79 Å². The molecule has 3 rings (SSSR count). The summed E-state index contributed by atoms with van der Waals surface area (Å²) in [7, 11) is 0. The molecule has 1 aliphatic rings. The van der Waals surface area contributed by atoms with Gasteiger partial charge in [-0.05, 0) is 44.7 Å². The molecule has 1 aliphatic heterocycles. The van der Waals surface area contributed by atoms with Crippen molar-refractivity contribution in [2.45, 2.75) is 45.1 Å². The van der Waals surface area contributed by atoms with Crippen LogP contribution in [-0.4, -0.2) is 27.8 Å². The Morgan fingerprint density at radius 1 is 1.48 bits per heavy atom. The monoisotopic (exact) mass is 288 g/mol. The summed E-state index contributed by atoms with van der Waals surface area (Å²) in [5.41, 5.74) is 2.05. The van der Waals surface area contributed by atoms with Crippen LogP contribution < -0.4 is 0 Å². The molecule has 2 aromatic rings. The molecule has 1 unspecified atom stereocenters. The highest BCUT2D eigenvalue weighted by molar-refractivity contribution is 5.82. The zero-order chi connectivity index (χ0) is 15.0. The summed E-state index contributed by atoms with van der Waals surface area (Å²) < 4.78 is 5.44. The summed E-state index contributed by atoms with van der Waals surface area (Å²) in [5.74, 6) is 0. The van der Waals surface area contributed by atoms with Crippen molar-refractivity contribution in [3.63, 3.8) is 0 Å². The second kappa shape index (κ2) is 5.06. The van der Waals surface area contributed by atoms with Crippen molar-refractivity contribution < 1.29 is 14.4 Å². The third-order valence-corrected chi connectivity index (χ3v) is 4.62. The van der Waals surface area contributed by atoms with Gasteiger partial charge in [-0.2, -0.15) is 0 Å². The lowest BCUT2D eigenvalue weighted by atomic mass is 9.80. The fourth-order valence-corrected chi connectivity index (χ4v) is 3.48. The van der Waals surface area contributed by atoms with E-state index in [9.17, 15) is 9.90 Å². The highest BCUT2D eigenvalue weighted by Gasteiger charge is 2.45. The summed E-state index contributed by atoms with van der Waals surface area (Å²) in [6.07, 6.45) is 2.54. The van der Waals surface area contributed by atoms with Crippen LogP contribution in [-0.2, 0) is 5.54 Å². The topological polar surface area (TPSA) is 66.6 Å². The number of aromatic nitrogens is 1. The molecule has 1 saturated heterocycles. The third kappa shape index (κ3) is 2.07. The molecule has 1 aromatic heterocycles. The molecule has 0 bridgehead atoms. The van der Waals surface area contributed by atoms with Gasteiger partial charge < -0.3 is 9.63 Å². The minimum Gasteiger partial charge on any atom is -0.465 e. The van der Waals surface area contributed by atoms with Crippen LogP contribution in [0.2, 0.25) is 0 Å². The summed E-state index contributed by atoms with van der Waals surface area (Å²) in [5, 5.41) is 14.8. The molecule has 0 radical (unpaired) electrons. The van der Waals surface area contributed by atoms with E-state index in [1.54, 1.807) is 4.90 Å². The van der Waals surface area contributed by atoms with Gasteiger partial charge in [-0.1, -0.05) is 23.7 Å². The first kappa shape index (κ1) is 13.9. The number of piperidine rings is 1. The lowest BCUT2D eigenvalue weighted by Crippen LogP contribution is -2.51. The van der Waals surface area contributed by atoms with Gasteiger partial charge in [0.15, 0.2) is 5.58 Å². The van der Waals surface area contributed by atoms with Crippen molar-refractivity contribution in [1.82, 2.24) is 10.1 Å². The van der Waals surface area contributed by atoms with Crippen molar-refractivity contribution in [1.29, 1.82) is 0 Å². The number of benzene rings is 1. The molecule has 112 valence electrons. The maximum Gasteiger partial charge on any atom is 0.408 e. The van der Waals surface area contributed by atoms with Crippen LogP contribution in [0.15, 0.2) is 22.7 Å². The number of carbonyl (C=O) groups is 1. The standard InChI is InChI=1S/C16H20N2O3/c1-3-16(8-4-5-9-18(16)15(19)20)14-12-10-11(2)6-7-13(12)21-17-14/h6-7,10H,3-5,8-9H2,1-2H3,(H,19,20). The van der Waals surface area contributed by atoms with E-state index >= 15 is 0 Å². The number of hydrogen-bond acceptors (Lipinski definition) is 3. The fraction of sp³-hybridized carbons (Fsp3) is 0.500. The Bertz CT molecular complexity index is 679. The van der Waals surface area contributed by atoms with Gasteiger partial charge in [0.05, 0.1) is 5.54 Å². The average Bonchev–Trinajstić information content (AvgIpc) is 2.90. The van der Waals surface area contributed by atoms with Gasteiger partial charge in [0.1, 0.15) is 5.69 Å². The van der Waals surface area contributed by atoms with Crippen LogP contribution >= 0.6 is 0 Å². The van der Waals surface area contributed by atoms with Crippen molar-refractivity contribution >= 4 is 17.1 Å². The molecular formula is C16H20N2O3. The summed E-state index contributed by atoms with van der Waals surface area (Å²) in [4.78, 5) is 13.2. The Morgan fingerprint density at radius 3 is 3.00 bits per heavy atom. The van der Waals surface area contributed by atoms with E-state index in [4.69, 9.17) is 4.52 Å². The van der Waals surface area contributed by atoms with Crippen molar-refractivity contribution in [3.05, 3.63) is 29.5 Å². The second-order valence-corrected chi connectivity index (χ2v) is 5.81. The summed E-state index contributed by atoms with van der Waals surface area (Å²) in [6.45, 7) is 4.60. The van der Waals surface area contributed by atoms with Crippen molar-refractivity contribution in [2.75, 3.05) is 6.54 Å². The van der Waals surface area contributed by atoms with Crippen molar-refractivity contribution in [3.8, 4) is 0 Å². The zero-order valence-corrected chi connectivity index (χ0v) is 12.4. The molecule has 1 amide bonds. The fourth-order valence-electron chi connectivity index (χ4n) is 3.48. The molecule has 5 nitrogen and oxygen atoms in total. The molecule has 1 N–H and O–H groups in total. The van der Waals surface area contributed by atoms with Crippen LogP contribution in [0.1, 0.15) is 43.9 Å². The predicted octanol–water partition coefficient (Wildman–Crippen LogP) is 3.91.